The summed E-state index contributed by atoms with van der Waals surface area (Å²) in [5.74, 6) is -0.341. The van der Waals surface area contributed by atoms with Gasteiger partial charge in [-0.2, -0.15) is 0 Å². The van der Waals surface area contributed by atoms with Gasteiger partial charge < -0.3 is 25.4 Å². The van der Waals surface area contributed by atoms with Crippen molar-refractivity contribution in [3.63, 3.8) is 0 Å². The largest absolute Gasteiger partial charge is 0.390 e. The van der Waals surface area contributed by atoms with Gasteiger partial charge in [-0.3, -0.25) is 4.79 Å². The molecule has 1 heterocycles. The highest BCUT2D eigenvalue weighted by Crippen LogP contribution is 2.32. The van der Waals surface area contributed by atoms with Crippen molar-refractivity contribution in [1.82, 2.24) is 5.32 Å². The predicted molar refractivity (Wildman–Crippen MR) is 87.0 cm³/mol. The van der Waals surface area contributed by atoms with Crippen molar-refractivity contribution in [3.05, 3.63) is 47.5 Å². The van der Waals surface area contributed by atoms with Gasteiger partial charge in [0.05, 0.1) is 18.3 Å². The second-order valence-corrected chi connectivity index (χ2v) is 6.39. The van der Waals surface area contributed by atoms with E-state index in [-0.39, 0.29) is 30.1 Å². The number of hydrogen-bond donors (Lipinski definition) is 4. The van der Waals surface area contributed by atoms with Gasteiger partial charge in [-0.25, -0.2) is 0 Å². The van der Waals surface area contributed by atoms with Gasteiger partial charge in [0, 0.05) is 18.5 Å². The molecule has 3 rings (SSSR count). The molecule has 130 valence electrons. The number of nitrogens with one attached hydrogen (secondary N) is 1. The van der Waals surface area contributed by atoms with E-state index in [9.17, 15) is 20.1 Å². The van der Waals surface area contributed by atoms with Gasteiger partial charge in [0.1, 0.15) is 12.2 Å². The zero-order chi connectivity index (χ0) is 17.1. The summed E-state index contributed by atoms with van der Waals surface area (Å²) in [6.45, 7) is 0.383. The summed E-state index contributed by atoms with van der Waals surface area (Å²) in [6, 6.07) is 10.00. The predicted octanol–water partition coefficient (Wildman–Crippen LogP) is 0.436. The van der Waals surface area contributed by atoms with Crippen LogP contribution in [0.2, 0.25) is 0 Å². The Morgan fingerprint density at radius 3 is 2.62 bits per heavy atom. The van der Waals surface area contributed by atoms with Crippen LogP contribution in [0, 0.1) is 0 Å². The number of carbonyl (C=O) groups excluding carboxylic acids is 1. The first-order valence-electron chi connectivity index (χ1n) is 8.28. The van der Waals surface area contributed by atoms with E-state index in [0.717, 1.165) is 18.4 Å². The Balaban J connectivity index is 1.50. The summed E-state index contributed by atoms with van der Waals surface area (Å²) in [5.41, 5.74) is 1.43. The van der Waals surface area contributed by atoms with E-state index < -0.39 is 18.3 Å². The fourth-order valence-corrected chi connectivity index (χ4v) is 3.20. The first kappa shape index (κ1) is 17.1. The summed E-state index contributed by atoms with van der Waals surface area (Å²) in [4.78, 5) is 12.2. The fraction of sp³-hybridized carbons (Fsp3) is 0.500. The molecule has 0 spiro atoms. The van der Waals surface area contributed by atoms with Crippen LogP contribution < -0.4 is 5.32 Å². The van der Waals surface area contributed by atoms with Crippen molar-refractivity contribution in [3.8, 4) is 0 Å². The molecule has 1 aliphatic carbocycles. The molecule has 6 nitrogen and oxygen atoms in total. The number of aliphatic hydroxyl groups excluding tert-OH is 3. The van der Waals surface area contributed by atoms with Gasteiger partial charge >= 0.3 is 0 Å². The number of hydrogen-bond acceptors (Lipinski definition) is 5. The van der Waals surface area contributed by atoms with Gasteiger partial charge in [0.25, 0.3) is 0 Å². The van der Waals surface area contributed by atoms with E-state index >= 15 is 0 Å². The minimum absolute atomic E-state index is 0.0300. The monoisotopic (exact) mass is 333 g/mol. The summed E-state index contributed by atoms with van der Waals surface area (Å²) < 4.78 is 5.97. The highest BCUT2D eigenvalue weighted by molar-refractivity contribution is 5.93. The van der Waals surface area contributed by atoms with E-state index in [2.05, 4.69) is 5.32 Å². The molecular formula is C18H23NO5. The number of rotatable bonds is 4. The van der Waals surface area contributed by atoms with Crippen molar-refractivity contribution in [2.24, 2.45) is 0 Å². The molecule has 5 atom stereocenters. The third-order valence-corrected chi connectivity index (χ3v) is 4.61. The van der Waals surface area contributed by atoms with Gasteiger partial charge in [0.2, 0.25) is 5.91 Å². The van der Waals surface area contributed by atoms with Crippen molar-refractivity contribution in [1.29, 1.82) is 0 Å². The topological polar surface area (TPSA) is 99.0 Å². The molecule has 0 bridgehead atoms. The van der Waals surface area contributed by atoms with Gasteiger partial charge in [0.15, 0.2) is 0 Å². The number of carbonyl (C=O) groups is 1. The first-order chi connectivity index (χ1) is 11.5. The van der Waals surface area contributed by atoms with Crippen LogP contribution in [0.4, 0.5) is 0 Å². The van der Waals surface area contributed by atoms with E-state index in [1.807, 2.05) is 30.3 Å². The Hall–Kier alpha value is -1.73. The summed E-state index contributed by atoms with van der Waals surface area (Å²) in [6.07, 6.45) is -0.483. The molecule has 0 saturated carbocycles. The quantitative estimate of drug-likeness (QED) is 0.641. The smallest absolute Gasteiger partial charge is 0.247 e. The Morgan fingerprint density at radius 1 is 1.17 bits per heavy atom. The van der Waals surface area contributed by atoms with Crippen LogP contribution in [0.3, 0.4) is 0 Å². The fourth-order valence-electron chi connectivity index (χ4n) is 3.20. The third kappa shape index (κ3) is 3.84. The van der Waals surface area contributed by atoms with E-state index in [1.54, 1.807) is 0 Å². The van der Waals surface area contributed by atoms with Crippen molar-refractivity contribution in [2.45, 2.75) is 49.8 Å². The molecule has 2 aliphatic rings. The molecule has 1 aromatic rings. The Morgan fingerprint density at radius 2 is 1.92 bits per heavy atom. The van der Waals surface area contributed by atoms with Crippen LogP contribution in [0.25, 0.3) is 0 Å². The molecule has 1 saturated heterocycles. The summed E-state index contributed by atoms with van der Waals surface area (Å²) in [7, 11) is 0. The van der Waals surface area contributed by atoms with Gasteiger partial charge in [-0.1, -0.05) is 30.3 Å². The SMILES string of the molecule is O=C(NC[C@H]1CC[C@@H](c2ccccc2)O1)C1=C[C@@H](O)[C@@H](O)[C@H](O)C1. The first-order valence-corrected chi connectivity index (χ1v) is 8.28. The maximum Gasteiger partial charge on any atom is 0.247 e. The molecule has 1 aliphatic heterocycles. The number of amides is 1. The summed E-state index contributed by atoms with van der Waals surface area (Å²) >= 11 is 0. The lowest BCUT2D eigenvalue weighted by Crippen LogP contribution is -2.43. The van der Waals surface area contributed by atoms with Crippen molar-refractivity contribution in [2.75, 3.05) is 6.54 Å². The maximum atomic E-state index is 12.2. The molecule has 1 fully saturated rings. The maximum absolute atomic E-state index is 12.2. The van der Waals surface area contributed by atoms with Crippen LogP contribution in [0.5, 0.6) is 0 Å². The molecule has 0 radical (unpaired) electrons. The molecule has 24 heavy (non-hydrogen) atoms. The minimum atomic E-state index is -1.24. The van der Waals surface area contributed by atoms with Crippen molar-refractivity contribution >= 4 is 5.91 Å². The lowest BCUT2D eigenvalue weighted by Gasteiger charge is -2.27. The average Bonchev–Trinajstić information content (AvgIpc) is 3.07. The van der Waals surface area contributed by atoms with Crippen LogP contribution in [0.15, 0.2) is 42.0 Å². The number of benzene rings is 1. The second kappa shape index (κ2) is 7.44. The lowest BCUT2D eigenvalue weighted by molar-refractivity contribution is -0.119. The van der Waals surface area contributed by atoms with E-state index in [4.69, 9.17) is 4.74 Å². The normalized spacial score (nSPS) is 33.1. The molecule has 0 unspecified atom stereocenters. The molecule has 1 aromatic carbocycles. The second-order valence-electron chi connectivity index (χ2n) is 6.39. The highest BCUT2D eigenvalue weighted by Gasteiger charge is 2.32. The van der Waals surface area contributed by atoms with Crippen LogP contribution >= 0.6 is 0 Å². The molecule has 6 heteroatoms. The highest BCUT2D eigenvalue weighted by atomic mass is 16.5. The zero-order valence-corrected chi connectivity index (χ0v) is 13.3. The molecule has 0 aromatic heterocycles. The molecule has 4 N–H and O–H groups in total. The van der Waals surface area contributed by atoms with E-state index in [0.29, 0.717) is 6.54 Å². The van der Waals surface area contributed by atoms with E-state index in [1.165, 1.54) is 6.08 Å². The lowest BCUT2D eigenvalue weighted by atomic mass is 9.92. The number of aliphatic hydroxyl groups is 3. The standard InChI is InChI=1S/C18H23NO5/c20-14-8-12(9-15(21)17(14)22)18(23)19-10-13-6-7-16(24-13)11-4-2-1-3-5-11/h1-5,8,13-17,20-22H,6-7,9-10H2,(H,19,23)/t13-,14-,15-,16+,17-/m1/s1. The van der Waals surface area contributed by atoms with Crippen LogP contribution in [-0.4, -0.2) is 52.2 Å². The van der Waals surface area contributed by atoms with Gasteiger partial charge in [-0.05, 0) is 24.5 Å². The zero-order valence-electron chi connectivity index (χ0n) is 13.3. The molecule has 1 amide bonds. The Bertz CT molecular complexity index is 603. The average molecular weight is 333 g/mol. The Labute approximate surface area is 140 Å². The minimum Gasteiger partial charge on any atom is -0.390 e. The van der Waals surface area contributed by atoms with Crippen LogP contribution in [0.1, 0.15) is 30.9 Å². The van der Waals surface area contributed by atoms with Gasteiger partial charge in [-0.15, -0.1) is 0 Å². The number of ether oxygens (including phenoxy) is 1. The van der Waals surface area contributed by atoms with Crippen LogP contribution in [-0.2, 0) is 9.53 Å². The van der Waals surface area contributed by atoms with Crippen molar-refractivity contribution < 1.29 is 24.9 Å². The Kier molecular flexibility index (Phi) is 5.30. The molecular weight excluding hydrogens is 310 g/mol. The third-order valence-electron chi connectivity index (χ3n) is 4.61. The summed E-state index contributed by atoms with van der Waals surface area (Å²) in [5, 5.41) is 31.5.